The van der Waals surface area contributed by atoms with Crippen molar-refractivity contribution in [2.45, 2.75) is 77.2 Å². The lowest BCUT2D eigenvalue weighted by molar-refractivity contribution is -0.130. The van der Waals surface area contributed by atoms with Gasteiger partial charge in [-0.05, 0) is 33.6 Å². The average Bonchev–Trinajstić information content (AvgIpc) is 2.46. The lowest BCUT2D eigenvalue weighted by Gasteiger charge is -2.38. The van der Waals surface area contributed by atoms with Crippen molar-refractivity contribution in [3.05, 3.63) is 0 Å². The minimum Gasteiger partial charge on any atom is -0.373 e. The number of rotatable bonds is 3. The summed E-state index contributed by atoms with van der Waals surface area (Å²) in [5.74, 6) is -0.241. The highest BCUT2D eigenvalue weighted by atomic mass is 16.5. The number of nitrogens with zero attached hydrogens (tertiary/aromatic N) is 1. The largest absolute Gasteiger partial charge is 0.373 e. The molecule has 1 aliphatic heterocycles. The summed E-state index contributed by atoms with van der Waals surface area (Å²) in [6, 6.07) is -0.482. The molecule has 2 aliphatic rings. The molecule has 2 N–H and O–H groups in total. The van der Waals surface area contributed by atoms with Crippen LogP contribution in [-0.2, 0) is 9.53 Å². The molecule has 0 aromatic carbocycles. The SMILES string of the molecule is CC1CN(C(C)C(=O)NC(=O)NC2CCCCC2)CC(C)O1. The Kier molecular flexibility index (Phi) is 6.20. The fourth-order valence-corrected chi connectivity index (χ4v) is 3.38. The van der Waals surface area contributed by atoms with E-state index in [-0.39, 0.29) is 36.2 Å². The van der Waals surface area contributed by atoms with Gasteiger partial charge in [0.2, 0.25) is 5.91 Å². The zero-order chi connectivity index (χ0) is 16.1. The fourth-order valence-electron chi connectivity index (χ4n) is 3.38. The van der Waals surface area contributed by atoms with E-state index in [1.54, 1.807) is 0 Å². The number of ether oxygens (including phenoxy) is 1. The maximum Gasteiger partial charge on any atom is 0.321 e. The molecule has 2 fully saturated rings. The smallest absolute Gasteiger partial charge is 0.321 e. The van der Waals surface area contributed by atoms with Crippen LogP contribution in [0.3, 0.4) is 0 Å². The van der Waals surface area contributed by atoms with Crippen molar-refractivity contribution in [1.29, 1.82) is 0 Å². The predicted molar refractivity (Wildman–Crippen MR) is 84.6 cm³/mol. The molecule has 3 amide bonds. The van der Waals surface area contributed by atoms with Crippen molar-refractivity contribution in [3.8, 4) is 0 Å². The van der Waals surface area contributed by atoms with Crippen molar-refractivity contribution in [3.63, 3.8) is 0 Å². The molecule has 2 rings (SSSR count). The molecule has 0 aromatic rings. The molecule has 3 unspecified atom stereocenters. The minimum absolute atomic E-state index is 0.107. The number of nitrogens with one attached hydrogen (secondary N) is 2. The Bertz CT molecular complexity index is 386. The summed E-state index contributed by atoms with van der Waals surface area (Å²) in [6.07, 6.45) is 5.77. The molecular formula is C16H29N3O3. The number of hydrogen-bond acceptors (Lipinski definition) is 4. The molecule has 0 bridgehead atoms. The van der Waals surface area contributed by atoms with E-state index in [0.29, 0.717) is 13.1 Å². The van der Waals surface area contributed by atoms with Crippen molar-refractivity contribution >= 4 is 11.9 Å². The number of hydrogen-bond donors (Lipinski definition) is 2. The second kappa shape index (κ2) is 7.92. The normalized spacial score (nSPS) is 28.9. The van der Waals surface area contributed by atoms with E-state index in [0.717, 1.165) is 25.7 Å². The fraction of sp³-hybridized carbons (Fsp3) is 0.875. The van der Waals surface area contributed by atoms with E-state index in [1.165, 1.54) is 6.42 Å². The predicted octanol–water partition coefficient (Wildman–Crippen LogP) is 1.64. The first-order chi connectivity index (χ1) is 10.5. The summed E-state index contributed by atoms with van der Waals surface area (Å²) in [4.78, 5) is 26.3. The summed E-state index contributed by atoms with van der Waals surface area (Å²) in [7, 11) is 0. The number of morpholine rings is 1. The highest BCUT2D eigenvalue weighted by Gasteiger charge is 2.30. The van der Waals surface area contributed by atoms with E-state index >= 15 is 0 Å². The Morgan fingerprint density at radius 3 is 2.27 bits per heavy atom. The minimum atomic E-state index is -0.363. The summed E-state index contributed by atoms with van der Waals surface area (Å²) < 4.78 is 5.68. The first kappa shape index (κ1) is 17.2. The van der Waals surface area contributed by atoms with E-state index in [4.69, 9.17) is 4.74 Å². The van der Waals surface area contributed by atoms with Crippen molar-refractivity contribution in [2.24, 2.45) is 0 Å². The third kappa shape index (κ3) is 4.95. The van der Waals surface area contributed by atoms with Gasteiger partial charge in [-0.25, -0.2) is 4.79 Å². The average molecular weight is 311 g/mol. The van der Waals surface area contributed by atoms with Gasteiger partial charge in [-0.2, -0.15) is 0 Å². The Morgan fingerprint density at radius 1 is 1.09 bits per heavy atom. The first-order valence-electron chi connectivity index (χ1n) is 8.46. The van der Waals surface area contributed by atoms with E-state index in [1.807, 2.05) is 20.8 Å². The van der Waals surface area contributed by atoms with E-state index in [9.17, 15) is 9.59 Å². The molecule has 1 saturated heterocycles. The third-order valence-corrected chi connectivity index (χ3v) is 4.55. The number of carbonyl (C=O) groups is 2. The van der Waals surface area contributed by atoms with Gasteiger partial charge in [0.05, 0.1) is 18.2 Å². The summed E-state index contributed by atoms with van der Waals surface area (Å²) in [5.41, 5.74) is 0. The van der Waals surface area contributed by atoms with Crippen LogP contribution in [0, 0.1) is 0 Å². The third-order valence-electron chi connectivity index (χ3n) is 4.55. The second-order valence-corrected chi connectivity index (χ2v) is 6.68. The van der Waals surface area contributed by atoms with Crippen LogP contribution < -0.4 is 10.6 Å². The molecule has 1 aliphatic carbocycles. The lowest BCUT2D eigenvalue weighted by atomic mass is 9.96. The van der Waals surface area contributed by atoms with Gasteiger partial charge in [0, 0.05) is 19.1 Å². The van der Waals surface area contributed by atoms with E-state index in [2.05, 4.69) is 15.5 Å². The number of imide groups is 1. The van der Waals surface area contributed by atoms with Crippen LogP contribution in [0.2, 0.25) is 0 Å². The second-order valence-electron chi connectivity index (χ2n) is 6.68. The van der Waals surface area contributed by atoms with Crippen molar-refractivity contribution in [2.75, 3.05) is 13.1 Å². The zero-order valence-corrected chi connectivity index (χ0v) is 13.9. The highest BCUT2D eigenvalue weighted by Crippen LogP contribution is 2.17. The monoisotopic (exact) mass is 311 g/mol. The van der Waals surface area contributed by atoms with Crippen LogP contribution in [0.15, 0.2) is 0 Å². The van der Waals surface area contributed by atoms with Gasteiger partial charge < -0.3 is 10.1 Å². The van der Waals surface area contributed by atoms with Gasteiger partial charge >= 0.3 is 6.03 Å². The van der Waals surface area contributed by atoms with Gasteiger partial charge in [0.1, 0.15) is 0 Å². The maximum absolute atomic E-state index is 12.3. The van der Waals surface area contributed by atoms with Crippen LogP contribution in [0.5, 0.6) is 0 Å². The molecule has 6 nitrogen and oxygen atoms in total. The summed E-state index contributed by atoms with van der Waals surface area (Å²) in [5, 5.41) is 5.39. The van der Waals surface area contributed by atoms with Gasteiger partial charge in [-0.15, -0.1) is 0 Å². The first-order valence-corrected chi connectivity index (χ1v) is 8.46. The Hall–Kier alpha value is -1.14. The van der Waals surface area contributed by atoms with Crippen LogP contribution in [0.25, 0.3) is 0 Å². The maximum atomic E-state index is 12.3. The Morgan fingerprint density at radius 2 is 1.68 bits per heavy atom. The van der Waals surface area contributed by atoms with Crippen LogP contribution >= 0.6 is 0 Å². The van der Waals surface area contributed by atoms with Gasteiger partial charge in [0.15, 0.2) is 0 Å². The summed E-state index contributed by atoms with van der Waals surface area (Å²) in [6.45, 7) is 7.27. The lowest BCUT2D eigenvalue weighted by Crippen LogP contribution is -2.56. The van der Waals surface area contributed by atoms with Crippen LogP contribution in [0.1, 0.15) is 52.9 Å². The molecule has 0 aromatic heterocycles. The quantitative estimate of drug-likeness (QED) is 0.831. The molecule has 126 valence electrons. The molecule has 1 heterocycles. The van der Waals surface area contributed by atoms with Crippen LogP contribution in [0.4, 0.5) is 4.79 Å². The molecule has 0 radical (unpaired) electrons. The van der Waals surface area contributed by atoms with Gasteiger partial charge in [-0.3, -0.25) is 15.0 Å². The molecule has 6 heteroatoms. The molecule has 22 heavy (non-hydrogen) atoms. The number of carbonyl (C=O) groups excluding carboxylic acids is 2. The van der Waals surface area contributed by atoms with Gasteiger partial charge in [0.25, 0.3) is 0 Å². The molecule has 3 atom stereocenters. The van der Waals surface area contributed by atoms with Crippen molar-refractivity contribution in [1.82, 2.24) is 15.5 Å². The van der Waals surface area contributed by atoms with Gasteiger partial charge in [-0.1, -0.05) is 19.3 Å². The van der Waals surface area contributed by atoms with E-state index < -0.39 is 0 Å². The van der Waals surface area contributed by atoms with Crippen LogP contribution in [-0.4, -0.2) is 54.2 Å². The topological polar surface area (TPSA) is 70.7 Å². The summed E-state index contributed by atoms with van der Waals surface area (Å²) >= 11 is 0. The van der Waals surface area contributed by atoms with Crippen molar-refractivity contribution < 1.29 is 14.3 Å². The number of amides is 3. The highest BCUT2D eigenvalue weighted by molar-refractivity contribution is 5.96. The molecule has 1 saturated carbocycles. The zero-order valence-electron chi connectivity index (χ0n) is 13.9. The standard InChI is InChI=1S/C16H29N3O3/c1-11-9-19(10-12(2)22-11)13(3)15(20)18-16(21)17-14-7-5-4-6-8-14/h11-14H,4-10H2,1-3H3,(H2,17,18,20,21). The molecule has 0 spiro atoms. The Balaban J connectivity index is 1.78. The Labute approximate surface area is 132 Å². The molecular weight excluding hydrogens is 282 g/mol. The number of urea groups is 1.